The number of amides is 1. The molecule has 0 radical (unpaired) electrons. The molecule has 1 aromatic rings. The highest BCUT2D eigenvalue weighted by atomic mass is 16.1. The van der Waals surface area contributed by atoms with E-state index in [1.165, 1.54) is 6.42 Å². The van der Waals surface area contributed by atoms with Crippen molar-refractivity contribution < 1.29 is 4.79 Å². The number of aryl methyl sites for hydroxylation is 1. The first-order valence-electron chi connectivity index (χ1n) is 8.09. The van der Waals surface area contributed by atoms with Gasteiger partial charge < -0.3 is 10.6 Å². The maximum atomic E-state index is 12.4. The van der Waals surface area contributed by atoms with Gasteiger partial charge in [0.05, 0.1) is 5.56 Å². The first kappa shape index (κ1) is 17.5. The third-order valence-electron chi connectivity index (χ3n) is 3.58. The van der Waals surface area contributed by atoms with E-state index in [4.69, 9.17) is 0 Å². The van der Waals surface area contributed by atoms with Gasteiger partial charge in [0, 0.05) is 18.3 Å². The van der Waals surface area contributed by atoms with Crippen LogP contribution in [0.2, 0.25) is 0 Å². The molecular weight excluding hydrogens is 260 g/mol. The lowest BCUT2D eigenvalue weighted by molar-refractivity contribution is 0.0938. The Bertz CT molecular complexity index is 455. The van der Waals surface area contributed by atoms with Crippen molar-refractivity contribution in [3.63, 3.8) is 0 Å². The van der Waals surface area contributed by atoms with E-state index in [0.717, 1.165) is 42.1 Å². The molecule has 0 aliphatic heterocycles. The van der Waals surface area contributed by atoms with Crippen LogP contribution in [-0.4, -0.2) is 18.5 Å². The molecule has 0 aliphatic rings. The molecule has 0 fully saturated rings. The Hall–Kier alpha value is -1.51. The first-order chi connectivity index (χ1) is 9.93. The maximum absolute atomic E-state index is 12.4. The molecule has 2 N–H and O–H groups in total. The molecule has 0 bridgehead atoms. The molecule has 0 heterocycles. The molecule has 118 valence electrons. The van der Waals surface area contributed by atoms with Crippen LogP contribution in [-0.2, 0) is 0 Å². The second kappa shape index (κ2) is 8.71. The lowest BCUT2D eigenvalue weighted by Gasteiger charge is -2.17. The van der Waals surface area contributed by atoms with E-state index < -0.39 is 0 Å². The van der Waals surface area contributed by atoms with Crippen LogP contribution >= 0.6 is 0 Å². The van der Waals surface area contributed by atoms with Crippen LogP contribution < -0.4 is 10.6 Å². The Kier molecular flexibility index (Phi) is 7.27. The number of carbonyl (C=O) groups excluding carboxylic acids is 1. The molecule has 0 aromatic heterocycles. The number of benzene rings is 1. The Morgan fingerprint density at radius 3 is 2.52 bits per heavy atom. The zero-order valence-electron chi connectivity index (χ0n) is 14.1. The van der Waals surface area contributed by atoms with Gasteiger partial charge in [0.25, 0.3) is 5.91 Å². The smallest absolute Gasteiger partial charge is 0.253 e. The van der Waals surface area contributed by atoms with Crippen LogP contribution in [0.4, 0.5) is 5.69 Å². The zero-order valence-corrected chi connectivity index (χ0v) is 14.1. The van der Waals surface area contributed by atoms with E-state index in [9.17, 15) is 4.79 Å². The van der Waals surface area contributed by atoms with Gasteiger partial charge in [0.1, 0.15) is 0 Å². The van der Waals surface area contributed by atoms with Crippen molar-refractivity contribution in [2.75, 3.05) is 11.9 Å². The van der Waals surface area contributed by atoms with Gasteiger partial charge in [-0.15, -0.1) is 0 Å². The summed E-state index contributed by atoms with van der Waals surface area (Å²) >= 11 is 0. The predicted octanol–water partition coefficient (Wildman–Crippen LogP) is 4.37. The molecule has 3 nitrogen and oxygen atoms in total. The minimum Gasteiger partial charge on any atom is -0.385 e. The van der Waals surface area contributed by atoms with Crippen LogP contribution in [0, 0.1) is 12.8 Å². The molecule has 21 heavy (non-hydrogen) atoms. The molecule has 1 atom stereocenters. The fraction of sp³-hybridized carbons (Fsp3) is 0.611. The highest BCUT2D eigenvalue weighted by Crippen LogP contribution is 2.18. The zero-order chi connectivity index (χ0) is 15.8. The highest BCUT2D eigenvalue weighted by molar-refractivity contribution is 5.99. The van der Waals surface area contributed by atoms with Gasteiger partial charge in [-0.3, -0.25) is 4.79 Å². The summed E-state index contributed by atoms with van der Waals surface area (Å²) in [6.45, 7) is 11.4. The van der Waals surface area contributed by atoms with Crippen molar-refractivity contribution in [2.24, 2.45) is 5.92 Å². The van der Waals surface area contributed by atoms with Crippen LogP contribution in [0.3, 0.4) is 0 Å². The van der Waals surface area contributed by atoms with Crippen LogP contribution in [0.1, 0.15) is 62.9 Å². The van der Waals surface area contributed by atoms with Gasteiger partial charge in [0.15, 0.2) is 0 Å². The summed E-state index contributed by atoms with van der Waals surface area (Å²) in [6, 6.07) is 6.14. The van der Waals surface area contributed by atoms with Crippen LogP contribution in [0.25, 0.3) is 0 Å². The number of anilines is 1. The molecule has 1 rings (SSSR count). The van der Waals surface area contributed by atoms with Gasteiger partial charge in [-0.2, -0.15) is 0 Å². The number of hydrogen-bond donors (Lipinski definition) is 2. The molecule has 3 heteroatoms. The quantitative estimate of drug-likeness (QED) is 0.746. The number of carbonyl (C=O) groups is 1. The topological polar surface area (TPSA) is 41.1 Å². The number of rotatable bonds is 8. The Balaban J connectivity index is 2.62. The summed E-state index contributed by atoms with van der Waals surface area (Å²) in [4.78, 5) is 12.4. The molecular formula is C18H30N2O. The standard InChI is InChI=1S/C18H30N2O/c1-6-19-17-12-14(4)10-11-16(17)18(21)20-15(5)9-7-8-13(2)3/h10-13,15,19H,6-9H2,1-5H3,(H,20,21). The average molecular weight is 290 g/mol. The number of nitrogens with one attached hydrogen (secondary N) is 2. The molecule has 0 spiro atoms. The molecule has 1 aromatic carbocycles. The van der Waals surface area contributed by atoms with Gasteiger partial charge in [-0.25, -0.2) is 0 Å². The summed E-state index contributed by atoms with van der Waals surface area (Å²) in [5.74, 6) is 0.744. The van der Waals surface area contributed by atoms with Crippen LogP contribution in [0.5, 0.6) is 0 Å². The second-order valence-electron chi connectivity index (χ2n) is 6.28. The van der Waals surface area contributed by atoms with Gasteiger partial charge in [0.2, 0.25) is 0 Å². The Morgan fingerprint density at radius 1 is 1.19 bits per heavy atom. The Morgan fingerprint density at radius 2 is 1.90 bits per heavy atom. The molecule has 1 amide bonds. The minimum atomic E-state index is 0.0167. The van der Waals surface area contributed by atoms with Crippen molar-refractivity contribution >= 4 is 11.6 Å². The van der Waals surface area contributed by atoms with E-state index in [1.807, 2.05) is 32.0 Å². The van der Waals surface area contributed by atoms with Crippen molar-refractivity contribution in [3.05, 3.63) is 29.3 Å². The third-order valence-corrected chi connectivity index (χ3v) is 3.58. The Labute approximate surface area is 129 Å². The third kappa shape index (κ3) is 6.19. The van der Waals surface area contributed by atoms with E-state index in [-0.39, 0.29) is 11.9 Å². The lowest BCUT2D eigenvalue weighted by Crippen LogP contribution is -2.33. The summed E-state index contributed by atoms with van der Waals surface area (Å²) < 4.78 is 0. The monoisotopic (exact) mass is 290 g/mol. The fourth-order valence-electron chi connectivity index (χ4n) is 2.40. The first-order valence-corrected chi connectivity index (χ1v) is 8.09. The molecule has 0 saturated heterocycles. The number of hydrogen-bond acceptors (Lipinski definition) is 2. The normalized spacial score (nSPS) is 12.3. The fourth-order valence-corrected chi connectivity index (χ4v) is 2.40. The minimum absolute atomic E-state index is 0.0167. The van der Waals surface area contributed by atoms with Gasteiger partial charge in [-0.05, 0) is 50.8 Å². The summed E-state index contributed by atoms with van der Waals surface area (Å²) in [5, 5.41) is 6.38. The summed E-state index contributed by atoms with van der Waals surface area (Å²) in [5.41, 5.74) is 2.81. The lowest BCUT2D eigenvalue weighted by atomic mass is 10.0. The van der Waals surface area contributed by atoms with E-state index in [0.29, 0.717) is 0 Å². The van der Waals surface area contributed by atoms with E-state index in [1.54, 1.807) is 0 Å². The van der Waals surface area contributed by atoms with E-state index >= 15 is 0 Å². The van der Waals surface area contributed by atoms with Crippen LogP contribution in [0.15, 0.2) is 18.2 Å². The van der Waals surface area contributed by atoms with Gasteiger partial charge >= 0.3 is 0 Å². The SMILES string of the molecule is CCNc1cc(C)ccc1C(=O)NC(C)CCCC(C)C. The second-order valence-corrected chi connectivity index (χ2v) is 6.28. The molecule has 0 saturated carbocycles. The molecule has 0 aliphatic carbocycles. The van der Waals surface area contributed by atoms with Crippen molar-refractivity contribution in [3.8, 4) is 0 Å². The van der Waals surface area contributed by atoms with Gasteiger partial charge in [-0.1, -0.05) is 32.8 Å². The highest BCUT2D eigenvalue weighted by Gasteiger charge is 2.13. The maximum Gasteiger partial charge on any atom is 0.253 e. The van der Waals surface area contributed by atoms with Crippen molar-refractivity contribution in [2.45, 2.75) is 59.9 Å². The van der Waals surface area contributed by atoms with Crippen molar-refractivity contribution in [1.29, 1.82) is 0 Å². The largest absolute Gasteiger partial charge is 0.385 e. The van der Waals surface area contributed by atoms with Crippen molar-refractivity contribution in [1.82, 2.24) is 5.32 Å². The summed E-state index contributed by atoms with van der Waals surface area (Å²) in [6.07, 6.45) is 3.41. The summed E-state index contributed by atoms with van der Waals surface area (Å²) in [7, 11) is 0. The predicted molar refractivity (Wildman–Crippen MR) is 91.0 cm³/mol. The van der Waals surface area contributed by atoms with E-state index in [2.05, 4.69) is 31.4 Å². The molecule has 1 unspecified atom stereocenters. The average Bonchev–Trinajstić information content (AvgIpc) is 2.38.